The number of aryl methyl sites for hydroxylation is 2. The first-order chi connectivity index (χ1) is 9.52. The van der Waals surface area contributed by atoms with Crippen LogP contribution < -0.4 is 5.32 Å². The first kappa shape index (κ1) is 15.2. The standard InChI is InChI=1S/C15H17Cl2N3/c1-9-7-12(10(2)20-19-9)14(18-3)8-11-5-4-6-13(16)15(11)17/h4-7,14,18H,8H2,1-3H3. The van der Waals surface area contributed by atoms with Crippen molar-refractivity contribution in [3.05, 3.63) is 56.8 Å². The van der Waals surface area contributed by atoms with E-state index < -0.39 is 0 Å². The topological polar surface area (TPSA) is 37.8 Å². The molecule has 1 aromatic carbocycles. The van der Waals surface area contributed by atoms with Gasteiger partial charge in [-0.1, -0.05) is 35.3 Å². The second-order valence-electron chi connectivity index (χ2n) is 4.78. The highest BCUT2D eigenvalue weighted by Gasteiger charge is 2.16. The van der Waals surface area contributed by atoms with Crippen LogP contribution in [0.3, 0.4) is 0 Å². The molecule has 1 heterocycles. The number of nitrogens with one attached hydrogen (secondary N) is 1. The summed E-state index contributed by atoms with van der Waals surface area (Å²) in [5.74, 6) is 0. The normalized spacial score (nSPS) is 12.4. The van der Waals surface area contributed by atoms with Crippen LogP contribution in [-0.4, -0.2) is 17.2 Å². The number of hydrogen-bond donors (Lipinski definition) is 1. The van der Waals surface area contributed by atoms with Gasteiger partial charge in [-0.05, 0) is 50.6 Å². The van der Waals surface area contributed by atoms with Gasteiger partial charge in [0.05, 0.1) is 21.4 Å². The zero-order chi connectivity index (χ0) is 14.7. The molecular weight excluding hydrogens is 293 g/mol. The van der Waals surface area contributed by atoms with Crippen molar-refractivity contribution in [2.75, 3.05) is 7.05 Å². The van der Waals surface area contributed by atoms with Gasteiger partial charge in [0.1, 0.15) is 0 Å². The maximum Gasteiger partial charge on any atom is 0.0648 e. The minimum Gasteiger partial charge on any atom is -0.313 e. The third-order valence-corrected chi connectivity index (χ3v) is 4.18. The zero-order valence-electron chi connectivity index (χ0n) is 11.7. The monoisotopic (exact) mass is 309 g/mol. The van der Waals surface area contributed by atoms with E-state index in [1.54, 1.807) is 6.07 Å². The molecular formula is C15H17Cl2N3. The molecule has 0 saturated carbocycles. The molecule has 0 saturated heterocycles. The quantitative estimate of drug-likeness (QED) is 0.930. The third kappa shape index (κ3) is 3.29. The molecule has 1 unspecified atom stereocenters. The number of rotatable bonds is 4. The summed E-state index contributed by atoms with van der Waals surface area (Å²) in [6.45, 7) is 3.90. The molecule has 2 aromatic rings. The number of likely N-dealkylation sites (N-methyl/N-ethyl adjacent to an activating group) is 1. The Kier molecular flexibility index (Phi) is 4.97. The molecule has 106 valence electrons. The molecule has 0 bridgehead atoms. The molecule has 2 rings (SSSR count). The molecule has 20 heavy (non-hydrogen) atoms. The molecule has 0 radical (unpaired) electrons. The third-order valence-electron chi connectivity index (χ3n) is 3.32. The van der Waals surface area contributed by atoms with Gasteiger partial charge in [0.25, 0.3) is 0 Å². The average Bonchev–Trinajstić information content (AvgIpc) is 2.43. The van der Waals surface area contributed by atoms with Gasteiger partial charge < -0.3 is 5.32 Å². The van der Waals surface area contributed by atoms with Crippen LogP contribution in [0.2, 0.25) is 10.0 Å². The summed E-state index contributed by atoms with van der Waals surface area (Å²) in [5, 5.41) is 12.8. The molecule has 3 nitrogen and oxygen atoms in total. The van der Waals surface area contributed by atoms with Crippen molar-refractivity contribution >= 4 is 23.2 Å². The van der Waals surface area contributed by atoms with Gasteiger partial charge in [0.2, 0.25) is 0 Å². The predicted octanol–water partition coefficient (Wildman–Crippen LogP) is 3.90. The Balaban J connectivity index is 2.34. The van der Waals surface area contributed by atoms with Crippen LogP contribution in [0.4, 0.5) is 0 Å². The van der Waals surface area contributed by atoms with E-state index in [2.05, 4.69) is 21.6 Å². The number of aromatic nitrogens is 2. The van der Waals surface area contributed by atoms with Crippen molar-refractivity contribution < 1.29 is 0 Å². The van der Waals surface area contributed by atoms with Crippen molar-refractivity contribution in [3.8, 4) is 0 Å². The van der Waals surface area contributed by atoms with Gasteiger partial charge in [0.15, 0.2) is 0 Å². The molecule has 1 aromatic heterocycles. The van der Waals surface area contributed by atoms with E-state index in [1.807, 2.05) is 33.0 Å². The lowest BCUT2D eigenvalue weighted by Gasteiger charge is -2.19. The van der Waals surface area contributed by atoms with E-state index >= 15 is 0 Å². The highest BCUT2D eigenvalue weighted by Crippen LogP contribution is 2.29. The fraction of sp³-hybridized carbons (Fsp3) is 0.333. The first-order valence-electron chi connectivity index (χ1n) is 6.44. The first-order valence-corrected chi connectivity index (χ1v) is 7.19. The minimum absolute atomic E-state index is 0.125. The number of halogens is 2. The van der Waals surface area contributed by atoms with E-state index in [1.165, 1.54) is 0 Å². The molecule has 1 atom stereocenters. The van der Waals surface area contributed by atoms with E-state index in [0.717, 1.165) is 28.9 Å². The van der Waals surface area contributed by atoms with Crippen LogP contribution in [-0.2, 0) is 6.42 Å². The van der Waals surface area contributed by atoms with E-state index in [-0.39, 0.29) is 6.04 Å². The Morgan fingerprint density at radius 1 is 1.20 bits per heavy atom. The Morgan fingerprint density at radius 2 is 1.95 bits per heavy atom. The Morgan fingerprint density at radius 3 is 2.65 bits per heavy atom. The van der Waals surface area contributed by atoms with E-state index in [4.69, 9.17) is 23.2 Å². The van der Waals surface area contributed by atoms with Crippen molar-refractivity contribution in [2.24, 2.45) is 0 Å². The van der Waals surface area contributed by atoms with Gasteiger partial charge in [-0.2, -0.15) is 10.2 Å². The lowest BCUT2D eigenvalue weighted by molar-refractivity contribution is 0.582. The molecule has 0 aliphatic carbocycles. The van der Waals surface area contributed by atoms with Gasteiger partial charge in [-0.25, -0.2) is 0 Å². The van der Waals surface area contributed by atoms with Crippen molar-refractivity contribution in [1.29, 1.82) is 0 Å². The summed E-state index contributed by atoms with van der Waals surface area (Å²) in [6.07, 6.45) is 0.752. The van der Waals surface area contributed by atoms with Crippen LogP contribution in [0.15, 0.2) is 24.3 Å². The lowest BCUT2D eigenvalue weighted by atomic mass is 9.98. The van der Waals surface area contributed by atoms with Crippen molar-refractivity contribution in [3.63, 3.8) is 0 Å². The van der Waals surface area contributed by atoms with Crippen LogP contribution in [0.1, 0.15) is 28.6 Å². The van der Waals surface area contributed by atoms with Crippen molar-refractivity contribution in [2.45, 2.75) is 26.3 Å². The Hall–Kier alpha value is -1.16. The largest absolute Gasteiger partial charge is 0.313 e. The van der Waals surface area contributed by atoms with Crippen molar-refractivity contribution in [1.82, 2.24) is 15.5 Å². The highest BCUT2D eigenvalue weighted by atomic mass is 35.5. The number of nitrogens with zero attached hydrogens (tertiary/aromatic N) is 2. The summed E-state index contributed by atoms with van der Waals surface area (Å²) < 4.78 is 0. The average molecular weight is 310 g/mol. The lowest BCUT2D eigenvalue weighted by Crippen LogP contribution is -2.21. The highest BCUT2D eigenvalue weighted by molar-refractivity contribution is 6.42. The summed E-state index contributed by atoms with van der Waals surface area (Å²) in [6, 6.07) is 7.89. The molecule has 0 amide bonds. The zero-order valence-corrected chi connectivity index (χ0v) is 13.3. The van der Waals surface area contributed by atoms with Crippen LogP contribution in [0.25, 0.3) is 0 Å². The number of benzene rings is 1. The van der Waals surface area contributed by atoms with Gasteiger partial charge in [0, 0.05) is 6.04 Å². The van der Waals surface area contributed by atoms with Crippen LogP contribution in [0, 0.1) is 13.8 Å². The molecule has 0 fully saturated rings. The molecule has 0 spiro atoms. The SMILES string of the molecule is CNC(Cc1cccc(Cl)c1Cl)c1cc(C)nnc1C. The van der Waals surface area contributed by atoms with Gasteiger partial charge in [-0.3, -0.25) is 0 Å². The number of hydrogen-bond acceptors (Lipinski definition) is 3. The smallest absolute Gasteiger partial charge is 0.0648 e. The molecule has 0 aliphatic heterocycles. The molecule has 1 N–H and O–H groups in total. The summed E-state index contributed by atoms with van der Waals surface area (Å²) in [7, 11) is 1.93. The van der Waals surface area contributed by atoms with Crippen LogP contribution >= 0.6 is 23.2 Å². The second-order valence-corrected chi connectivity index (χ2v) is 5.57. The summed E-state index contributed by atoms with van der Waals surface area (Å²) in [5.41, 5.74) is 3.99. The molecule has 5 heteroatoms. The van der Waals surface area contributed by atoms with E-state index in [0.29, 0.717) is 10.0 Å². The van der Waals surface area contributed by atoms with E-state index in [9.17, 15) is 0 Å². The summed E-state index contributed by atoms with van der Waals surface area (Å²) >= 11 is 12.3. The van der Waals surface area contributed by atoms with Gasteiger partial charge in [-0.15, -0.1) is 0 Å². The maximum atomic E-state index is 6.27. The predicted molar refractivity (Wildman–Crippen MR) is 83.5 cm³/mol. The molecule has 0 aliphatic rings. The summed E-state index contributed by atoms with van der Waals surface area (Å²) in [4.78, 5) is 0. The Bertz CT molecular complexity index is 614. The van der Waals surface area contributed by atoms with Gasteiger partial charge >= 0.3 is 0 Å². The fourth-order valence-electron chi connectivity index (χ4n) is 2.22. The fourth-order valence-corrected chi connectivity index (χ4v) is 2.61. The van der Waals surface area contributed by atoms with Crippen LogP contribution in [0.5, 0.6) is 0 Å². The Labute approximate surface area is 129 Å². The maximum absolute atomic E-state index is 6.27. The second kappa shape index (κ2) is 6.53. The minimum atomic E-state index is 0.125.